The van der Waals surface area contributed by atoms with Gasteiger partial charge in [0.05, 0.1) is 23.9 Å². The fourth-order valence-corrected chi connectivity index (χ4v) is 9.85. The van der Waals surface area contributed by atoms with Gasteiger partial charge in [0.25, 0.3) is 5.91 Å². The highest BCUT2D eigenvalue weighted by atomic mass is 16.7. The Morgan fingerprint density at radius 2 is 1.78 bits per heavy atom. The lowest BCUT2D eigenvalue weighted by Crippen LogP contribution is -2.70. The predicted octanol–water partition coefficient (Wildman–Crippen LogP) is 9.33. The SMILES string of the molecule is C=CCOC12Oc3ccc(OCc4cccc(C)n4)cc3C3C(CCCCO)C(CCCCO)C=C(C(=NOCC)CC1N(CCC)C(=O)c1ccc4ccccc4c1)C32. The van der Waals surface area contributed by atoms with Crippen LogP contribution in [0.3, 0.4) is 0 Å². The van der Waals surface area contributed by atoms with Gasteiger partial charge in [0, 0.05) is 48.9 Å². The van der Waals surface area contributed by atoms with Crippen LogP contribution in [0.1, 0.15) is 98.4 Å². The molecule has 1 aromatic heterocycles. The number of ether oxygens (including phenoxy) is 3. The largest absolute Gasteiger partial charge is 0.487 e. The minimum atomic E-state index is -1.33. The number of hydrogen-bond donors (Lipinski definition) is 2. The van der Waals surface area contributed by atoms with Crippen LogP contribution in [0, 0.1) is 24.7 Å². The molecular weight excluding hydrogens is 755 g/mol. The molecule has 318 valence electrons. The highest BCUT2D eigenvalue weighted by Crippen LogP contribution is 2.62. The van der Waals surface area contributed by atoms with E-state index in [0.29, 0.717) is 62.5 Å². The van der Waals surface area contributed by atoms with Crippen molar-refractivity contribution in [1.29, 1.82) is 0 Å². The van der Waals surface area contributed by atoms with Crippen molar-refractivity contribution in [3.05, 3.63) is 126 Å². The van der Waals surface area contributed by atoms with Crippen LogP contribution in [-0.2, 0) is 16.2 Å². The van der Waals surface area contributed by atoms with Gasteiger partial charge in [-0.15, -0.1) is 6.58 Å². The van der Waals surface area contributed by atoms with Crippen molar-refractivity contribution in [3.63, 3.8) is 0 Å². The van der Waals surface area contributed by atoms with Gasteiger partial charge in [-0.05, 0) is 117 Å². The number of rotatable bonds is 20. The summed E-state index contributed by atoms with van der Waals surface area (Å²) in [6.45, 7) is 11.7. The molecule has 60 heavy (non-hydrogen) atoms. The third kappa shape index (κ3) is 9.02. The monoisotopic (exact) mass is 815 g/mol. The van der Waals surface area contributed by atoms with Gasteiger partial charge in [-0.1, -0.05) is 73.5 Å². The Labute approximate surface area is 354 Å². The topological polar surface area (TPSA) is 123 Å². The van der Waals surface area contributed by atoms with Crippen molar-refractivity contribution in [2.24, 2.45) is 22.9 Å². The number of aliphatic hydroxyl groups excluding tert-OH is 2. The van der Waals surface area contributed by atoms with Gasteiger partial charge in [-0.25, -0.2) is 0 Å². The Hall–Kier alpha value is -5.03. The minimum Gasteiger partial charge on any atom is -0.487 e. The van der Waals surface area contributed by atoms with Crippen LogP contribution in [0.15, 0.2) is 108 Å². The Morgan fingerprint density at radius 3 is 2.53 bits per heavy atom. The van der Waals surface area contributed by atoms with Gasteiger partial charge in [-0.3, -0.25) is 9.78 Å². The first-order valence-electron chi connectivity index (χ1n) is 21.9. The first kappa shape index (κ1) is 43.1. The lowest BCUT2D eigenvalue weighted by Gasteiger charge is -2.60. The van der Waals surface area contributed by atoms with E-state index < -0.39 is 17.7 Å². The number of aryl methyl sites for hydroxylation is 1. The summed E-state index contributed by atoms with van der Waals surface area (Å²) < 4.78 is 21.0. The van der Waals surface area contributed by atoms with Crippen molar-refractivity contribution in [2.75, 3.05) is 33.0 Å². The third-order valence-corrected chi connectivity index (χ3v) is 12.4. The standard InChI is InChI=1S/C50H61N3O7/c1-5-25-53(49(56)38-22-21-35-16-8-9-17-36(35)29-38)46-32-44(52-59-7-3)42-30-37(18-10-12-26-54)41(20-11-13-27-55)47-43-31-40(57-33-39-19-14-15-34(4)51-39)23-24-45(43)60-50(46,48(42)47)58-28-6-2/h6,8-9,14-17,19,21-24,29-31,37,41,46-48,54-55H,2,5,7,10-13,18,20,25-28,32-33H2,1,3-4H3. The molecule has 10 nitrogen and oxygen atoms in total. The molecule has 0 saturated heterocycles. The molecule has 1 fully saturated rings. The summed E-state index contributed by atoms with van der Waals surface area (Å²) in [6.07, 6.45) is 9.99. The predicted molar refractivity (Wildman–Crippen MR) is 235 cm³/mol. The maximum Gasteiger partial charge on any atom is 0.254 e. The average Bonchev–Trinajstić information content (AvgIpc) is 3.27. The van der Waals surface area contributed by atoms with Crippen molar-refractivity contribution in [2.45, 2.75) is 96.5 Å². The van der Waals surface area contributed by atoms with E-state index in [9.17, 15) is 10.2 Å². The molecular formula is C50H61N3O7. The Balaban J connectivity index is 1.42. The molecule has 1 amide bonds. The molecule has 7 rings (SSSR count). The second kappa shape index (κ2) is 20.0. The van der Waals surface area contributed by atoms with Gasteiger partial charge >= 0.3 is 0 Å². The Morgan fingerprint density at radius 1 is 0.983 bits per heavy atom. The summed E-state index contributed by atoms with van der Waals surface area (Å²) >= 11 is 0. The van der Waals surface area contributed by atoms with Crippen LogP contribution in [-0.4, -0.2) is 76.5 Å². The minimum absolute atomic E-state index is 0.103. The number of hydrogen-bond acceptors (Lipinski definition) is 9. The molecule has 0 spiro atoms. The molecule has 2 N–H and O–H groups in total. The van der Waals surface area contributed by atoms with Crippen LogP contribution < -0.4 is 9.47 Å². The molecule has 0 radical (unpaired) electrons. The summed E-state index contributed by atoms with van der Waals surface area (Å²) in [5.74, 6) is -0.344. The maximum atomic E-state index is 15.1. The zero-order valence-electron chi connectivity index (χ0n) is 35.4. The second-order valence-electron chi connectivity index (χ2n) is 16.3. The molecule has 6 unspecified atom stereocenters. The Bertz CT molecular complexity index is 2170. The van der Waals surface area contributed by atoms with E-state index >= 15 is 4.79 Å². The molecule has 2 aliphatic carbocycles. The summed E-state index contributed by atoms with van der Waals surface area (Å²) in [4.78, 5) is 27.6. The van der Waals surface area contributed by atoms with Gasteiger partial charge in [0.2, 0.25) is 5.79 Å². The zero-order chi connectivity index (χ0) is 42.1. The van der Waals surface area contributed by atoms with Crippen LogP contribution in [0.2, 0.25) is 0 Å². The van der Waals surface area contributed by atoms with Crippen LogP contribution in [0.25, 0.3) is 10.8 Å². The molecule has 3 aliphatic rings. The number of fused-ring (bicyclic) bond motifs is 3. The van der Waals surface area contributed by atoms with Gasteiger partial charge < -0.3 is 34.2 Å². The number of allylic oxidation sites excluding steroid dienone is 1. The van der Waals surface area contributed by atoms with Gasteiger partial charge in [-0.2, -0.15) is 0 Å². The summed E-state index contributed by atoms with van der Waals surface area (Å²) in [5.41, 5.74) is 5.17. The van der Waals surface area contributed by atoms with E-state index in [2.05, 4.69) is 36.7 Å². The maximum absolute atomic E-state index is 15.1. The highest BCUT2D eigenvalue weighted by Gasteiger charge is 2.65. The number of unbranched alkanes of at least 4 members (excludes halogenated alkanes) is 2. The molecule has 10 heteroatoms. The molecule has 6 atom stereocenters. The number of carbonyl (C=O) groups is 1. The van der Waals surface area contributed by atoms with Crippen LogP contribution >= 0.6 is 0 Å². The van der Waals surface area contributed by atoms with E-state index in [4.69, 9.17) is 24.2 Å². The van der Waals surface area contributed by atoms with E-state index in [-0.39, 0.29) is 43.5 Å². The Kier molecular flexibility index (Phi) is 14.4. The highest BCUT2D eigenvalue weighted by molar-refractivity contribution is 6.04. The zero-order valence-corrected chi connectivity index (χ0v) is 35.4. The first-order valence-corrected chi connectivity index (χ1v) is 21.9. The van der Waals surface area contributed by atoms with Crippen molar-refractivity contribution >= 4 is 22.4 Å². The van der Waals surface area contributed by atoms with Crippen LogP contribution in [0.4, 0.5) is 0 Å². The lowest BCUT2D eigenvalue weighted by atomic mass is 9.55. The smallest absolute Gasteiger partial charge is 0.254 e. The molecule has 2 heterocycles. The number of nitrogens with zero attached hydrogens (tertiary/aromatic N) is 3. The quantitative estimate of drug-likeness (QED) is 0.0515. The summed E-state index contributed by atoms with van der Waals surface area (Å²) in [5, 5.41) is 26.8. The number of amides is 1. The summed E-state index contributed by atoms with van der Waals surface area (Å²) in [7, 11) is 0. The molecule has 1 saturated carbocycles. The lowest BCUT2D eigenvalue weighted by molar-refractivity contribution is -0.254. The number of aromatic nitrogens is 1. The number of carbonyl (C=O) groups excluding carboxylic acids is 1. The molecule has 3 aromatic carbocycles. The van der Waals surface area contributed by atoms with Gasteiger partial charge in [0.15, 0.2) is 0 Å². The number of benzene rings is 3. The average molecular weight is 816 g/mol. The van der Waals surface area contributed by atoms with Crippen molar-refractivity contribution < 1.29 is 34.1 Å². The number of oxime groups is 1. The molecule has 4 aromatic rings. The molecule has 0 bridgehead atoms. The number of aliphatic hydroxyl groups is 2. The van der Waals surface area contributed by atoms with Gasteiger partial charge in [0.1, 0.15) is 30.8 Å². The van der Waals surface area contributed by atoms with Crippen molar-refractivity contribution in [1.82, 2.24) is 9.88 Å². The number of pyridine rings is 1. The van der Waals surface area contributed by atoms with Crippen LogP contribution in [0.5, 0.6) is 11.5 Å². The fraction of sp³-hybridized carbons (Fsp3) is 0.460. The fourth-order valence-electron chi connectivity index (χ4n) is 9.85. The second-order valence-corrected chi connectivity index (χ2v) is 16.3. The van der Waals surface area contributed by atoms with E-state index in [1.54, 1.807) is 6.08 Å². The van der Waals surface area contributed by atoms with E-state index in [1.165, 1.54) is 0 Å². The third-order valence-electron chi connectivity index (χ3n) is 12.4. The first-order chi connectivity index (χ1) is 29.3. The summed E-state index contributed by atoms with van der Waals surface area (Å²) in [6, 6.07) is 25.4. The van der Waals surface area contributed by atoms with E-state index in [1.807, 2.05) is 85.5 Å². The van der Waals surface area contributed by atoms with E-state index in [0.717, 1.165) is 64.7 Å². The van der Waals surface area contributed by atoms with Crippen molar-refractivity contribution in [3.8, 4) is 11.5 Å². The molecule has 1 aliphatic heterocycles. The normalized spacial score (nSPS) is 23.6.